The fraction of sp³-hybridized carbons (Fsp3) is 0.562. The van der Waals surface area contributed by atoms with Crippen molar-refractivity contribution < 1.29 is 13.2 Å². The van der Waals surface area contributed by atoms with Crippen LogP contribution in [0.25, 0.3) is 0 Å². The van der Waals surface area contributed by atoms with E-state index in [1.807, 2.05) is 19.1 Å². The molecular formula is C16H23NO3S2. The van der Waals surface area contributed by atoms with Crippen molar-refractivity contribution in [1.29, 1.82) is 0 Å². The van der Waals surface area contributed by atoms with E-state index in [-0.39, 0.29) is 28.7 Å². The number of thioether (sulfide) groups is 1. The monoisotopic (exact) mass is 341 g/mol. The first-order valence-corrected chi connectivity index (χ1v) is 10.5. The van der Waals surface area contributed by atoms with Gasteiger partial charge >= 0.3 is 0 Å². The molecule has 0 saturated carbocycles. The first-order chi connectivity index (χ1) is 10.4. The Morgan fingerprint density at radius 3 is 2.59 bits per heavy atom. The maximum atomic E-state index is 12.0. The van der Waals surface area contributed by atoms with Gasteiger partial charge in [-0.3, -0.25) is 4.79 Å². The molecule has 1 aliphatic rings. The maximum Gasteiger partial charge on any atom is 0.230 e. The van der Waals surface area contributed by atoms with Crippen molar-refractivity contribution in [2.24, 2.45) is 0 Å². The Hall–Kier alpha value is -1.01. The number of carbonyl (C=O) groups is 1. The van der Waals surface area contributed by atoms with Crippen LogP contribution in [0.4, 0.5) is 0 Å². The fourth-order valence-corrected chi connectivity index (χ4v) is 5.95. The summed E-state index contributed by atoms with van der Waals surface area (Å²) in [6.45, 7) is 4.07. The molecule has 1 saturated heterocycles. The Labute approximate surface area is 137 Å². The molecule has 1 aliphatic heterocycles. The van der Waals surface area contributed by atoms with Gasteiger partial charge in [0.25, 0.3) is 0 Å². The number of aryl methyl sites for hydroxylation is 1. The van der Waals surface area contributed by atoms with Crippen LogP contribution in [-0.2, 0) is 21.1 Å². The molecule has 22 heavy (non-hydrogen) atoms. The predicted molar refractivity (Wildman–Crippen MR) is 91.9 cm³/mol. The molecule has 0 aliphatic carbocycles. The topological polar surface area (TPSA) is 63.2 Å². The fourth-order valence-electron chi connectivity index (χ4n) is 2.49. The van der Waals surface area contributed by atoms with E-state index in [2.05, 4.69) is 24.4 Å². The molecule has 4 nitrogen and oxygen atoms in total. The van der Waals surface area contributed by atoms with Crippen LogP contribution in [0.5, 0.6) is 0 Å². The van der Waals surface area contributed by atoms with Gasteiger partial charge in [0.05, 0.1) is 23.3 Å². The molecular weight excluding hydrogens is 318 g/mol. The predicted octanol–water partition coefficient (Wildman–Crippen LogP) is 2.35. The Balaban J connectivity index is 1.78. The third-order valence-corrected chi connectivity index (χ3v) is 7.19. The van der Waals surface area contributed by atoms with Crippen molar-refractivity contribution in [3.05, 3.63) is 35.4 Å². The Bertz CT molecular complexity index is 611. The minimum absolute atomic E-state index is 0.0358. The van der Waals surface area contributed by atoms with Gasteiger partial charge in [-0.25, -0.2) is 8.42 Å². The third kappa shape index (κ3) is 5.02. The van der Waals surface area contributed by atoms with Gasteiger partial charge in [0.15, 0.2) is 9.84 Å². The van der Waals surface area contributed by atoms with E-state index in [0.29, 0.717) is 12.2 Å². The molecule has 1 amide bonds. The number of carbonyl (C=O) groups excluding carboxylic acids is 1. The van der Waals surface area contributed by atoms with Crippen LogP contribution in [0.3, 0.4) is 0 Å². The van der Waals surface area contributed by atoms with Crippen molar-refractivity contribution in [2.75, 3.05) is 17.3 Å². The number of sulfone groups is 1. The Morgan fingerprint density at radius 2 is 2.05 bits per heavy atom. The van der Waals surface area contributed by atoms with Crippen molar-refractivity contribution in [1.82, 2.24) is 5.32 Å². The molecule has 2 rings (SSSR count). The molecule has 2 unspecified atom stereocenters. The number of hydrogen-bond donors (Lipinski definition) is 1. The van der Waals surface area contributed by atoms with Crippen molar-refractivity contribution in [3.63, 3.8) is 0 Å². The quantitative estimate of drug-likeness (QED) is 0.863. The normalized spacial score (nSPS) is 21.5. The lowest BCUT2D eigenvalue weighted by Gasteiger charge is -2.15. The summed E-state index contributed by atoms with van der Waals surface area (Å²) in [4.78, 5) is 12.0. The van der Waals surface area contributed by atoms with Gasteiger partial charge in [0.1, 0.15) is 0 Å². The number of amides is 1. The molecule has 1 aromatic carbocycles. The van der Waals surface area contributed by atoms with E-state index in [1.54, 1.807) is 0 Å². The van der Waals surface area contributed by atoms with Crippen LogP contribution in [0, 0.1) is 0 Å². The molecule has 2 atom stereocenters. The van der Waals surface area contributed by atoms with Gasteiger partial charge in [-0.15, -0.1) is 11.8 Å². The Kier molecular flexibility index (Phi) is 5.92. The highest BCUT2D eigenvalue weighted by Gasteiger charge is 2.28. The number of hydrogen-bond acceptors (Lipinski definition) is 4. The lowest BCUT2D eigenvalue weighted by Crippen LogP contribution is -2.29. The van der Waals surface area contributed by atoms with E-state index in [1.165, 1.54) is 17.3 Å². The molecule has 122 valence electrons. The van der Waals surface area contributed by atoms with Crippen molar-refractivity contribution >= 4 is 27.5 Å². The van der Waals surface area contributed by atoms with E-state index in [0.717, 1.165) is 12.0 Å². The molecule has 0 bridgehead atoms. The molecule has 1 N–H and O–H groups in total. The first-order valence-electron chi connectivity index (χ1n) is 7.60. The van der Waals surface area contributed by atoms with E-state index < -0.39 is 9.84 Å². The number of nitrogens with one attached hydrogen (secondary N) is 1. The van der Waals surface area contributed by atoms with Crippen LogP contribution in [0.15, 0.2) is 24.3 Å². The third-order valence-electron chi connectivity index (χ3n) is 3.91. The summed E-state index contributed by atoms with van der Waals surface area (Å²) in [5.74, 6) is 0.740. The highest BCUT2D eigenvalue weighted by Crippen LogP contribution is 2.24. The van der Waals surface area contributed by atoms with Gasteiger partial charge in [-0.05, 0) is 30.9 Å². The van der Waals surface area contributed by atoms with Crippen LogP contribution in [0.2, 0.25) is 0 Å². The van der Waals surface area contributed by atoms with Crippen molar-refractivity contribution in [3.8, 4) is 0 Å². The summed E-state index contributed by atoms with van der Waals surface area (Å²) in [6.07, 6.45) is 1.66. The zero-order valence-corrected chi connectivity index (χ0v) is 14.7. The summed E-state index contributed by atoms with van der Waals surface area (Å²) >= 11 is 1.45. The van der Waals surface area contributed by atoms with Crippen LogP contribution < -0.4 is 5.32 Å². The molecule has 1 aromatic rings. The van der Waals surface area contributed by atoms with Gasteiger partial charge < -0.3 is 5.32 Å². The molecule has 0 spiro atoms. The maximum absolute atomic E-state index is 12.0. The zero-order chi connectivity index (χ0) is 16.2. The van der Waals surface area contributed by atoms with E-state index in [9.17, 15) is 13.2 Å². The second kappa shape index (κ2) is 7.51. The summed E-state index contributed by atoms with van der Waals surface area (Å²) < 4.78 is 22.8. The minimum atomic E-state index is -2.87. The molecule has 1 fully saturated rings. The summed E-state index contributed by atoms with van der Waals surface area (Å²) in [5, 5.41) is 3.03. The highest BCUT2D eigenvalue weighted by atomic mass is 32.2. The van der Waals surface area contributed by atoms with Gasteiger partial charge in [-0.2, -0.15) is 0 Å². The van der Waals surface area contributed by atoms with E-state index >= 15 is 0 Å². The summed E-state index contributed by atoms with van der Waals surface area (Å²) in [7, 11) is -2.87. The van der Waals surface area contributed by atoms with Gasteiger partial charge in [0, 0.05) is 5.25 Å². The average molecular weight is 341 g/mol. The van der Waals surface area contributed by atoms with Crippen LogP contribution >= 0.6 is 11.8 Å². The largest absolute Gasteiger partial charge is 0.349 e. The lowest BCUT2D eigenvalue weighted by atomic mass is 10.1. The number of rotatable bonds is 6. The van der Waals surface area contributed by atoms with E-state index in [4.69, 9.17) is 0 Å². The minimum Gasteiger partial charge on any atom is -0.349 e. The second-order valence-corrected chi connectivity index (χ2v) is 9.24. The molecule has 0 radical (unpaired) electrons. The van der Waals surface area contributed by atoms with Gasteiger partial charge in [-0.1, -0.05) is 31.2 Å². The first kappa shape index (κ1) is 17.3. The standard InChI is InChI=1S/C16H23NO3S2/c1-3-13-4-6-14(7-5-13)12(2)17-16(18)10-21-15-8-9-22(19,20)11-15/h4-7,12,15H,3,8-11H2,1-2H3,(H,17,18). The summed E-state index contributed by atoms with van der Waals surface area (Å²) in [6, 6.07) is 8.21. The molecule has 6 heteroatoms. The Morgan fingerprint density at radius 1 is 1.36 bits per heavy atom. The smallest absolute Gasteiger partial charge is 0.230 e. The SMILES string of the molecule is CCc1ccc(C(C)NC(=O)CSC2CCS(=O)(=O)C2)cc1. The average Bonchev–Trinajstić information content (AvgIpc) is 2.84. The number of benzene rings is 1. The second-order valence-electron chi connectivity index (χ2n) is 5.72. The highest BCUT2D eigenvalue weighted by molar-refractivity contribution is 8.02. The van der Waals surface area contributed by atoms with Crippen molar-refractivity contribution in [2.45, 2.75) is 38.0 Å². The zero-order valence-electron chi connectivity index (χ0n) is 13.0. The van der Waals surface area contributed by atoms with Crippen LogP contribution in [-0.4, -0.2) is 36.8 Å². The summed E-state index contributed by atoms with van der Waals surface area (Å²) in [5.41, 5.74) is 2.36. The lowest BCUT2D eigenvalue weighted by molar-refractivity contribution is -0.119. The van der Waals surface area contributed by atoms with Gasteiger partial charge in [0.2, 0.25) is 5.91 Å². The van der Waals surface area contributed by atoms with Crippen LogP contribution in [0.1, 0.15) is 37.4 Å². The molecule has 1 heterocycles. The molecule has 0 aromatic heterocycles.